The maximum atomic E-state index is 10.3. The zero-order chi connectivity index (χ0) is 17.1. The highest BCUT2D eigenvalue weighted by Crippen LogP contribution is 2.00. The monoisotopic (exact) mass is 334 g/mol. The Kier molecular flexibility index (Phi) is 9.58. The minimum Gasteiger partial charge on any atom is -0.481 e. The highest BCUT2D eigenvalue weighted by atomic mass is 32.2. The van der Waals surface area contributed by atoms with Gasteiger partial charge in [0.1, 0.15) is 12.1 Å². The summed E-state index contributed by atoms with van der Waals surface area (Å²) in [5.41, 5.74) is 11.1. The maximum absolute atomic E-state index is 10.3. The Hall–Kier alpha value is -2.11. The first-order valence-corrected chi connectivity index (χ1v) is 7.13. The second-order valence-electron chi connectivity index (χ2n) is 4.08. The van der Waals surface area contributed by atoms with Gasteiger partial charge in [0, 0.05) is 24.1 Å². The molecule has 22 heavy (non-hydrogen) atoms. The lowest BCUT2D eigenvalue weighted by Gasteiger charge is -2.02. The van der Waals surface area contributed by atoms with Crippen molar-refractivity contribution in [3.8, 4) is 0 Å². The minimum atomic E-state index is -1.11. The van der Waals surface area contributed by atoms with Crippen molar-refractivity contribution in [1.82, 2.24) is 9.97 Å². The molecule has 0 aliphatic heterocycles. The molecule has 8 N–H and O–H groups in total. The van der Waals surface area contributed by atoms with Crippen molar-refractivity contribution in [3.05, 3.63) is 18.2 Å². The van der Waals surface area contributed by atoms with Gasteiger partial charge in [0.2, 0.25) is 0 Å². The minimum absolute atomic E-state index is 0.110. The van der Waals surface area contributed by atoms with Gasteiger partial charge in [-0.3, -0.25) is 14.4 Å². The number of hydrogen-bond acceptors (Lipinski definition) is 7. The van der Waals surface area contributed by atoms with Crippen LogP contribution in [0.3, 0.4) is 0 Å². The molecule has 0 aromatic carbocycles. The van der Waals surface area contributed by atoms with E-state index < -0.39 is 30.0 Å². The molecule has 1 rings (SSSR count). The van der Waals surface area contributed by atoms with Gasteiger partial charge >= 0.3 is 17.9 Å². The number of imidazole rings is 1. The number of thioether (sulfide) groups is 1. The first-order valence-electron chi connectivity index (χ1n) is 5.97. The number of hydrogen-bond donors (Lipinski definition) is 6. The molecule has 124 valence electrons. The van der Waals surface area contributed by atoms with Crippen molar-refractivity contribution >= 4 is 29.7 Å². The van der Waals surface area contributed by atoms with Crippen molar-refractivity contribution < 1.29 is 29.7 Å². The van der Waals surface area contributed by atoms with E-state index in [2.05, 4.69) is 9.97 Å². The Balaban J connectivity index is 0.000000401. The van der Waals surface area contributed by atoms with E-state index in [0.29, 0.717) is 0 Å². The summed E-state index contributed by atoms with van der Waals surface area (Å²) in [6, 6.07) is -1.82. The zero-order valence-electron chi connectivity index (χ0n) is 11.5. The van der Waals surface area contributed by atoms with E-state index in [9.17, 15) is 14.4 Å². The molecule has 0 radical (unpaired) electrons. The molecule has 1 aromatic heterocycles. The summed E-state index contributed by atoms with van der Waals surface area (Å²) in [5.74, 6) is -3.06. The van der Waals surface area contributed by atoms with Crippen LogP contribution in [0.25, 0.3) is 0 Å². The average Bonchev–Trinajstić information content (AvgIpc) is 2.91. The highest BCUT2D eigenvalue weighted by molar-refractivity contribution is 8.00. The molecule has 0 bridgehead atoms. The lowest BCUT2D eigenvalue weighted by molar-refractivity contribution is -0.139. The number of aliphatic carboxylic acids is 3. The molecule has 11 heteroatoms. The summed E-state index contributed by atoms with van der Waals surface area (Å²) in [6.45, 7) is 0. The maximum Gasteiger partial charge on any atom is 0.321 e. The Morgan fingerprint density at radius 3 is 2.18 bits per heavy atom. The first-order chi connectivity index (χ1) is 10.2. The molecule has 2 atom stereocenters. The van der Waals surface area contributed by atoms with Crippen LogP contribution >= 0.6 is 11.8 Å². The number of carboxylic acid groups (broad SMARTS) is 3. The van der Waals surface area contributed by atoms with E-state index in [0.717, 1.165) is 17.5 Å². The summed E-state index contributed by atoms with van der Waals surface area (Å²) in [6.07, 6.45) is 3.34. The normalized spacial score (nSPS) is 12.6. The smallest absolute Gasteiger partial charge is 0.321 e. The Morgan fingerprint density at radius 2 is 1.77 bits per heavy atom. The molecule has 0 saturated carbocycles. The predicted octanol–water partition coefficient (Wildman–Crippen LogP) is -1.42. The van der Waals surface area contributed by atoms with E-state index in [4.69, 9.17) is 26.8 Å². The number of carbonyl (C=O) groups is 3. The van der Waals surface area contributed by atoms with Crippen molar-refractivity contribution in [1.29, 1.82) is 0 Å². The quantitative estimate of drug-likeness (QED) is 0.328. The fraction of sp³-hybridized carbons (Fsp3) is 0.455. The van der Waals surface area contributed by atoms with Crippen molar-refractivity contribution in [2.75, 3.05) is 11.5 Å². The molecule has 0 saturated heterocycles. The fourth-order valence-corrected chi connectivity index (χ4v) is 1.75. The van der Waals surface area contributed by atoms with E-state index in [1.54, 1.807) is 6.20 Å². The summed E-state index contributed by atoms with van der Waals surface area (Å²) in [7, 11) is 0. The third kappa shape index (κ3) is 9.74. The topological polar surface area (TPSA) is 193 Å². The van der Waals surface area contributed by atoms with Gasteiger partial charge in [-0.05, 0) is 0 Å². The largest absolute Gasteiger partial charge is 0.481 e. The SMILES string of the molecule is NC(CSCC(=O)O)C(=O)O.NC(Cc1cnc[nH]1)C(=O)O. The van der Waals surface area contributed by atoms with Gasteiger partial charge in [-0.2, -0.15) is 0 Å². The molecule has 10 nitrogen and oxygen atoms in total. The molecular formula is C11H18N4O6S. The Morgan fingerprint density at radius 1 is 1.18 bits per heavy atom. The number of nitrogens with one attached hydrogen (secondary N) is 1. The Bertz CT molecular complexity index is 481. The predicted molar refractivity (Wildman–Crippen MR) is 78.5 cm³/mol. The number of nitrogens with two attached hydrogens (primary N) is 2. The van der Waals surface area contributed by atoms with E-state index in [1.165, 1.54) is 6.33 Å². The molecule has 0 fully saturated rings. The molecule has 0 amide bonds. The van der Waals surface area contributed by atoms with Gasteiger partial charge in [0.15, 0.2) is 0 Å². The summed E-state index contributed by atoms with van der Waals surface area (Å²) < 4.78 is 0. The lowest BCUT2D eigenvalue weighted by Crippen LogP contribution is -2.32. The second-order valence-corrected chi connectivity index (χ2v) is 5.11. The number of aromatic amines is 1. The van der Waals surface area contributed by atoms with Crippen LogP contribution in [-0.4, -0.2) is 66.8 Å². The van der Waals surface area contributed by atoms with Gasteiger partial charge in [0.05, 0.1) is 12.1 Å². The third-order valence-electron chi connectivity index (χ3n) is 2.15. The van der Waals surface area contributed by atoms with Crippen LogP contribution in [0.15, 0.2) is 12.5 Å². The summed E-state index contributed by atoms with van der Waals surface area (Å²) in [5, 5.41) is 24.8. The lowest BCUT2D eigenvalue weighted by atomic mass is 10.2. The van der Waals surface area contributed by atoms with Crippen molar-refractivity contribution in [3.63, 3.8) is 0 Å². The van der Waals surface area contributed by atoms with Crippen LogP contribution in [0, 0.1) is 0 Å². The van der Waals surface area contributed by atoms with Crippen LogP contribution < -0.4 is 11.5 Å². The molecule has 1 aromatic rings. The van der Waals surface area contributed by atoms with Crippen molar-refractivity contribution in [2.45, 2.75) is 18.5 Å². The van der Waals surface area contributed by atoms with E-state index in [1.807, 2.05) is 0 Å². The second kappa shape index (κ2) is 10.6. The third-order valence-corrected chi connectivity index (χ3v) is 3.20. The molecule has 0 spiro atoms. The highest BCUT2D eigenvalue weighted by Gasteiger charge is 2.12. The van der Waals surface area contributed by atoms with Crippen LogP contribution in [0.1, 0.15) is 5.69 Å². The molecule has 0 aliphatic carbocycles. The number of H-pyrrole nitrogens is 1. The molecular weight excluding hydrogens is 316 g/mol. The van der Waals surface area contributed by atoms with Crippen molar-refractivity contribution in [2.24, 2.45) is 11.5 Å². The van der Waals surface area contributed by atoms with Crippen LogP contribution in [0.4, 0.5) is 0 Å². The number of carboxylic acids is 3. The Labute approximate surface area is 129 Å². The average molecular weight is 334 g/mol. The van der Waals surface area contributed by atoms with Gasteiger partial charge in [0.25, 0.3) is 0 Å². The zero-order valence-corrected chi connectivity index (χ0v) is 12.3. The first kappa shape index (κ1) is 19.9. The van der Waals surface area contributed by atoms with Crippen LogP contribution in [0.5, 0.6) is 0 Å². The van der Waals surface area contributed by atoms with Gasteiger partial charge in [-0.25, -0.2) is 4.98 Å². The van der Waals surface area contributed by atoms with Gasteiger partial charge in [-0.1, -0.05) is 0 Å². The number of rotatable bonds is 8. The van der Waals surface area contributed by atoms with Gasteiger partial charge in [-0.15, -0.1) is 11.8 Å². The molecule has 2 unspecified atom stereocenters. The van der Waals surface area contributed by atoms with Crippen LogP contribution in [0.2, 0.25) is 0 Å². The van der Waals surface area contributed by atoms with E-state index >= 15 is 0 Å². The van der Waals surface area contributed by atoms with Crippen LogP contribution in [-0.2, 0) is 20.8 Å². The summed E-state index contributed by atoms with van der Waals surface area (Å²) in [4.78, 5) is 36.8. The fourth-order valence-electron chi connectivity index (χ4n) is 1.07. The van der Waals surface area contributed by atoms with E-state index in [-0.39, 0.29) is 17.9 Å². The number of nitrogens with zero attached hydrogens (tertiary/aromatic N) is 1. The number of aromatic nitrogens is 2. The summed E-state index contributed by atoms with van der Waals surface area (Å²) >= 11 is 0.992. The standard InChI is InChI=1S/C6H9N3O2.C5H9NO4S/c7-5(6(10)11)1-4-2-8-3-9-4;6-3(5(9)10)1-11-2-4(7)8/h2-3,5H,1,7H2,(H,8,9)(H,10,11);3H,1-2,6H2,(H,7,8)(H,9,10). The van der Waals surface area contributed by atoms with Gasteiger partial charge < -0.3 is 31.8 Å². The molecule has 0 aliphatic rings. The molecule has 1 heterocycles.